The normalized spacial score (nSPS) is 31.2. The van der Waals surface area contributed by atoms with Crippen LogP contribution in [0, 0.1) is 11.8 Å². The van der Waals surface area contributed by atoms with Gasteiger partial charge in [-0.3, -0.25) is 0 Å². The Morgan fingerprint density at radius 2 is 2.31 bits per heavy atom. The lowest BCUT2D eigenvalue weighted by molar-refractivity contribution is 0.547. The lowest BCUT2D eigenvalue weighted by Crippen LogP contribution is -2.31. The van der Waals surface area contributed by atoms with Gasteiger partial charge in [0.2, 0.25) is 0 Å². The Labute approximate surface area is 78.6 Å². The van der Waals surface area contributed by atoms with E-state index in [-0.39, 0.29) is 0 Å². The van der Waals surface area contributed by atoms with Gasteiger partial charge in [-0.1, -0.05) is 6.07 Å². The highest BCUT2D eigenvalue weighted by atomic mass is 15.2. The van der Waals surface area contributed by atoms with Gasteiger partial charge in [-0.05, 0) is 36.8 Å². The number of piperidine rings is 1. The van der Waals surface area contributed by atoms with E-state index in [4.69, 9.17) is 0 Å². The van der Waals surface area contributed by atoms with Crippen molar-refractivity contribution in [1.29, 1.82) is 0 Å². The van der Waals surface area contributed by atoms with Crippen molar-refractivity contribution in [3.05, 3.63) is 24.4 Å². The first-order valence-electron chi connectivity index (χ1n) is 5.09. The molecule has 2 fully saturated rings. The fourth-order valence-corrected chi connectivity index (χ4v) is 2.33. The summed E-state index contributed by atoms with van der Waals surface area (Å²) in [6, 6.07) is 6.16. The molecule has 2 heteroatoms. The summed E-state index contributed by atoms with van der Waals surface area (Å²) in [6.07, 6.45) is 4.72. The zero-order valence-corrected chi connectivity index (χ0v) is 7.69. The van der Waals surface area contributed by atoms with Gasteiger partial charge in [0, 0.05) is 19.3 Å². The van der Waals surface area contributed by atoms with E-state index < -0.39 is 0 Å². The fraction of sp³-hybridized carbons (Fsp3) is 0.545. The highest BCUT2D eigenvalue weighted by Crippen LogP contribution is 2.45. The van der Waals surface area contributed by atoms with Gasteiger partial charge in [0.05, 0.1) is 0 Å². The van der Waals surface area contributed by atoms with Gasteiger partial charge in [-0.2, -0.15) is 0 Å². The lowest BCUT2D eigenvalue weighted by Gasteiger charge is -2.27. The van der Waals surface area contributed by atoms with E-state index in [9.17, 15) is 0 Å². The third-order valence-corrected chi connectivity index (χ3v) is 3.27. The molecule has 1 aliphatic heterocycles. The molecule has 2 aliphatic rings. The second-order valence-corrected chi connectivity index (χ2v) is 4.18. The molecule has 1 aromatic rings. The predicted molar refractivity (Wildman–Crippen MR) is 52.7 cm³/mol. The molecule has 0 amide bonds. The molecule has 1 saturated heterocycles. The average molecular weight is 174 g/mol. The van der Waals surface area contributed by atoms with Crippen LogP contribution in [0.15, 0.2) is 24.4 Å². The summed E-state index contributed by atoms with van der Waals surface area (Å²) in [4.78, 5) is 6.81. The maximum Gasteiger partial charge on any atom is 0.128 e. The minimum absolute atomic E-state index is 0.982. The summed E-state index contributed by atoms with van der Waals surface area (Å²) in [5.74, 6) is 3.20. The summed E-state index contributed by atoms with van der Waals surface area (Å²) in [5.41, 5.74) is 0. The number of hydrogen-bond donors (Lipinski definition) is 0. The van der Waals surface area contributed by atoms with Crippen molar-refractivity contribution < 1.29 is 0 Å². The van der Waals surface area contributed by atoms with Gasteiger partial charge < -0.3 is 4.90 Å². The molecule has 0 bridgehead atoms. The van der Waals surface area contributed by atoms with Crippen LogP contribution in [0.4, 0.5) is 5.82 Å². The van der Waals surface area contributed by atoms with E-state index in [0.29, 0.717) is 0 Å². The van der Waals surface area contributed by atoms with Gasteiger partial charge >= 0.3 is 0 Å². The van der Waals surface area contributed by atoms with Crippen LogP contribution < -0.4 is 4.90 Å². The largest absolute Gasteiger partial charge is 0.356 e. The third-order valence-electron chi connectivity index (χ3n) is 3.27. The summed E-state index contributed by atoms with van der Waals surface area (Å²) < 4.78 is 0. The standard InChI is InChI=1S/C11H14N2/c1-2-5-12-11(3-1)13-6-4-9-7-10(9)8-13/h1-3,5,9-10H,4,6-8H2. The summed E-state index contributed by atoms with van der Waals surface area (Å²) in [6.45, 7) is 2.44. The second-order valence-electron chi connectivity index (χ2n) is 4.18. The molecule has 2 heterocycles. The van der Waals surface area contributed by atoms with Crippen molar-refractivity contribution in [2.45, 2.75) is 12.8 Å². The molecule has 1 saturated carbocycles. The smallest absolute Gasteiger partial charge is 0.128 e. The summed E-state index contributed by atoms with van der Waals surface area (Å²) in [7, 11) is 0. The Balaban J connectivity index is 1.78. The molecule has 13 heavy (non-hydrogen) atoms. The Kier molecular flexibility index (Phi) is 1.54. The number of hydrogen-bond acceptors (Lipinski definition) is 2. The van der Waals surface area contributed by atoms with Crippen LogP contribution in [0.1, 0.15) is 12.8 Å². The van der Waals surface area contributed by atoms with E-state index in [1.807, 2.05) is 12.3 Å². The zero-order chi connectivity index (χ0) is 8.67. The SMILES string of the molecule is c1ccc(N2CCC3CC3C2)nc1. The molecular formula is C11H14N2. The maximum absolute atomic E-state index is 4.38. The molecule has 2 unspecified atom stereocenters. The Hall–Kier alpha value is -1.05. The van der Waals surface area contributed by atoms with Crippen molar-refractivity contribution in [3.8, 4) is 0 Å². The lowest BCUT2D eigenvalue weighted by atomic mass is 10.1. The van der Waals surface area contributed by atoms with Crippen molar-refractivity contribution in [2.24, 2.45) is 11.8 Å². The molecule has 1 aromatic heterocycles. The Bertz CT molecular complexity index is 296. The molecule has 2 atom stereocenters. The van der Waals surface area contributed by atoms with Crippen molar-refractivity contribution in [2.75, 3.05) is 18.0 Å². The first-order chi connectivity index (χ1) is 6.43. The first-order valence-corrected chi connectivity index (χ1v) is 5.09. The Morgan fingerprint density at radius 3 is 3.08 bits per heavy atom. The average Bonchev–Trinajstić information content (AvgIpc) is 2.96. The summed E-state index contributed by atoms with van der Waals surface area (Å²) >= 11 is 0. The molecule has 0 radical (unpaired) electrons. The Morgan fingerprint density at radius 1 is 1.31 bits per heavy atom. The first kappa shape index (κ1) is 7.36. The van der Waals surface area contributed by atoms with Gasteiger partial charge in [0.25, 0.3) is 0 Å². The molecule has 68 valence electrons. The van der Waals surface area contributed by atoms with Crippen LogP contribution in [0.3, 0.4) is 0 Å². The number of rotatable bonds is 1. The van der Waals surface area contributed by atoms with E-state index in [1.165, 1.54) is 25.9 Å². The number of fused-ring (bicyclic) bond motifs is 1. The zero-order valence-electron chi connectivity index (χ0n) is 7.69. The van der Waals surface area contributed by atoms with E-state index in [0.717, 1.165) is 17.7 Å². The molecule has 1 aliphatic carbocycles. The van der Waals surface area contributed by atoms with E-state index >= 15 is 0 Å². The van der Waals surface area contributed by atoms with Gasteiger partial charge in [0.15, 0.2) is 0 Å². The topological polar surface area (TPSA) is 16.1 Å². The molecule has 2 nitrogen and oxygen atoms in total. The molecule has 3 rings (SSSR count). The minimum atomic E-state index is 0.982. The highest BCUT2D eigenvalue weighted by Gasteiger charge is 2.41. The van der Waals surface area contributed by atoms with Crippen LogP contribution in [-0.2, 0) is 0 Å². The predicted octanol–water partition coefficient (Wildman–Crippen LogP) is 1.93. The van der Waals surface area contributed by atoms with Gasteiger partial charge in [0.1, 0.15) is 5.82 Å². The molecule has 0 aromatic carbocycles. The van der Waals surface area contributed by atoms with Crippen molar-refractivity contribution in [1.82, 2.24) is 4.98 Å². The van der Waals surface area contributed by atoms with E-state index in [1.54, 1.807) is 0 Å². The van der Waals surface area contributed by atoms with Crippen LogP contribution in [0.5, 0.6) is 0 Å². The van der Waals surface area contributed by atoms with Crippen molar-refractivity contribution in [3.63, 3.8) is 0 Å². The fourth-order valence-electron chi connectivity index (χ4n) is 2.33. The number of pyridine rings is 1. The van der Waals surface area contributed by atoms with E-state index in [2.05, 4.69) is 22.0 Å². The second kappa shape index (κ2) is 2.72. The molecule has 0 spiro atoms. The number of aromatic nitrogens is 1. The highest BCUT2D eigenvalue weighted by molar-refractivity contribution is 5.39. The van der Waals surface area contributed by atoms with Crippen LogP contribution in [-0.4, -0.2) is 18.1 Å². The monoisotopic (exact) mass is 174 g/mol. The molecule has 0 N–H and O–H groups in total. The van der Waals surface area contributed by atoms with Gasteiger partial charge in [-0.25, -0.2) is 4.98 Å². The van der Waals surface area contributed by atoms with Gasteiger partial charge in [-0.15, -0.1) is 0 Å². The van der Waals surface area contributed by atoms with Crippen molar-refractivity contribution >= 4 is 5.82 Å². The van der Waals surface area contributed by atoms with Crippen LogP contribution in [0.25, 0.3) is 0 Å². The number of nitrogens with zero attached hydrogens (tertiary/aromatic N) is 2. The molecular weight excluding hydrogens is 160 g/mol. The van der Waals surface area contributed by atoms with Crippen LogP contribution >= 0.6 is 0 Å². The van der Waals surface area contributed by atoms with Crippen LogP contribution in [0.2, 0.25) is 0 Å². The minimum Gasteiger partial charge on any atom is -0.356 e. The maximum atomic E-state index is 4.38. The third kappa shape index (κ3) is 1.30. The summed E-state index contributed by atoms with van der Waals surface area (Å²) in [5, 5.41) is 0. The number of anilines is 1. The quantitative estimate of drug-likeness (QED) is 0.646.